The molecule has 1 heterocycles. The van der Waals surface area contributed by atoms with Gasteiger partial charge in [-0.1, -0.05) is 48.5 Å². The smallest absolute Gasteiger partial charge is 0.277 e. The maximum absolute atomic E-state index is 13.1. The first-order chi connectivity index (χ1) is 14.2. The Kier molecular flexibility index (Phi) is 5.67. The molecular formula is C22H16FN3O2S. The van der Waals surface area contributed by atoms with Gasteiger partial charge in [0.1, 0.15) is 11.1 Å². The number of aromatic nitrogens is 2. The lowest BCUT2D eigenvalue weighted by atomic mass is 10.1. The van der Waals surface area contributed by atoms with Crippen molar-refractivity contribution >= 4 is 23.4 Å². The Labute approximate surface area is 171 Å². The van der Waals surface area contributed by atoms with Crippen LogP contribution < -0.4 is 5.32 Å². The molecule has 4 aromatic rings. The summed E-state index contributed by atoms with van der Waals surface area (Å²) in [7, 11) is 0. The quantitative estimate of drug-likeness (QED) is 0.438. The molecule has 1 aromatic heterocycles. The molecule has 144 valence electrons. The zero-order valence-electron chi connectivity index (χ0n) is 15.2. The summed E-state index contributed by atoms with van der Waals surface area (Å²) < 4.78 is 18.9. The van der Waals surface area contributed by atoms with Gasteiger partial charge in [0.25, 0.3) is 5.22 Å². The standard InChI is InChI=1S/C22H16FN3O2S/c23-17-11-13-18(14-12-17)24-20(27)19(15-7-3-1-4-8-15)29-22-26-25-21(28-22)16-9-5-2-6-10-16/h1-14,19H,(H,24,27)/t19-/m0/s1. The number of carbonyl (C=O) groups excluding carboxylic acids is 1. The van der Waals surface area contributed by atoms with Crippen molar-refractivity contribution in [2.45, 2.75) is 10.5 Å². The Balaban J connectivity index is 1.57. The highest BCUT2D eigenvalue weighted by Gasteiger charge is 2.25. The van der Waals surface area contributed by atoms with Gasteiger partial charge in [-0.15, -0.1) is 10.2 Å². The van der Waals surface area contributed by atoms with E-state index in [1.54, 1.807) is 0 Å². The fraction of sp³-hybridized carbons (Fsp3) is 0.0455. The summed E-state index contributed by atoms with van der Waals surface area (Å²) in [6.07, 6.45) is 0. The number of hydrogen-bond acceptors (Lipinski definition) is 5. The average molecular weight is 405 g/mol. The Hall–Kier alpha value is -3.45. The van der Waals surface area contributed by atoms with E-state index in [9.17, 15) is 9.18 Å². The molecular weight excluding hydrogens is 389 g/mol. The topological polar surface area (TPSA) is 68.0 Å². The van der Waals surface area contributed by atoms with Gasteiger partial charge in [0, 0.05) is 11.3 Å². The van der Waals surface area contributed by atoms with Crippen LogP contribution in [0.5, 0.6) is 0 Å². The molecule has 5 nitrogen and oxygen atoms in total. The van der Waals surface area contributed by atoms with Crippen molar-refractivity contribution in [1.82, 2.24) is 10.2 Å². The van der Waals surface area contributed by atoms with Crippen molar-refractivity contribution < 1.29 is 13.6 Å². The van der Waals surface area contributed by atoms with Crippen molar-refractivity contribution in [3.63, 3.8) is 0 Å². The fourth-order valence-electron chi connectivity index (χ4n) is 2.70. The van der Waals surface area contributed by atoms with Crippen LogP contribution in [0.1, 0.15) is 10.8 Å². The van der Waals surface area contributed by atoms with Crippen molar-refractivity contribution in [2.24, 2.45) is 0 Å². The monoisotopic (exact) mass is 405 g/mol. The van der Waals surface area contributed by atoms with Crippen LogP contribution in [0.25, 0.3) is 11.5 Å². The summed E-state index contributed by atoms with van der Waals surface area (Å²) >= 11 is 1.16. The third kappa shape index (κ3) is 4.70. The molecule has 7 heteroatoms. The summed E-state index contributed by atoms with van der Waals surface area (Å²) in [6, 6.07) is 24.3. The first-order valence-electron chi connectivity index (χ1n) is 8.86. The number of carbonyl (C=O) groups is 1. The van der Waals surface area contributed by atoms with E-state index < -0.39 is 5.25 Å². The summed E-state index contributed by atoms with van der Waals surface area (Å²) in [5, 5.41) is 10.6. The summed E-state index contributed by atoms with van der Waals surface area (Å²) in [5.41, 5.74) is 2.10. The Morgan fingerprint density at radius 3 is 2.24 bits per heavy atom. The fourth-order valence-corrected chi connectivity index (χ4v) is 3.57. The number of nitrogens with one attached hydrogen (secondary N) is 1. The first kappa shape index (κ1) is 18.9. The maximum Gasteiger partial charge on any atom is 0.277 e. The third-order valence-corrected chi connectivity index (χ3v) is 5.19. The second kappa shape index (κ2) is 8.70. The Morgan fingerprint density at radius 1 is 0.897 bits per heavy atom. The van der Waals surface area contributed by atoms with Gasteiger partial charge >= 0.3 is 0 Å². The highest BCUT2D eigenvalue weighted by atomic mass is 32.2. The van der Waals surface area contributed by atoms with Crippen molar-refractivity contribution in [3.05, 3.63) is 96.3 Å². The number of nitrogens with zero attached hydrogens (tertiary/aromatic N) is 2. The number of rotatable bonds is 6. The molecule has 3 aromatic carbocycles. The summed E-state index contributed by atoms with van der Waals surface area (Å²) in [5.74, 6) is -0.248. The Morgan fingerprint density at radius 2 is 1.55 bits per heavy atom. The number of anilines is 1. The van der Waals surface area contributed by atoms with Gasteiger partial charge in [-0.25, -0.2) is 4.39 Å². The summed E-state index contributed by atoms with van der Waals surface area (Å²) in [6.45, 7) is 0. The van der Waals surface area contributed by atoms with Gasteiger partial charge < -0.3 is 9.73 Å². The molecule has 4 rings (SSSR count). The molecule has 1 N–H and O–H groups in total. The van der Waals surface area contributed by atoms with Crippen LogP contribution in [-0.4, -0.2) is 16.1 Å². The summed E-state index contributed by atoms with van der Waals surface area (Å²) in [4.78, 5) is 13.0. The van der Waals surface area contributed by atoms with E-state index in [0.29, 0.717) is 11.6 Å². The van der Waals surface area contributed by atoms with Crippen LogP contribution in [0, 0.1) is 5.82 Å². The van der Waals surface area contributed by atoms with E-state index in [0.717, 1.165) is 22.9 Å². The van der Waals surface area contributed by atoms with Crippen LogP contribution in [0.15, 0.2) is 94.6 Å². The normalized spacial score (nSPS) is 11.8. The zero-order chi connectivity index (χ0) is 20.1. The molecule has 0 spiro atoms. The van der Waals surface area contributed by atoms with Gasteiger partial charge in [-0.3, -0.25) is 4.79 Å². The first-order valence-corrected chi connectivity index (χ1v) is 9.74. The van der Waals surface area contributed by atoms with E-state index >= 15 is 0 Å². The second-order valence-electron chi connectivity index (χ2n) is 6.14. The van der Waals surface area contributed by atoms with Crippen LogP contribution in [0.4, 0.5) is 10.1 Å². The highest BCUT2D eigenvalue weighted by Crippen LogP contribution is 2.36. The van der Waals surface area contributed by atoms with Crippen LogP contribution >= 0.6 is 11.8 Å². The molecule has 0 aliphatic heterocycles. The number of thioether (sulfide) groups is 1. The van der Waals surface area contributed by atoms with Crippen molar-refractivity contribution in [2.75, 3.05) is 5.32 Å². The number of halogens is 1. The van der Waals surface area contributed by atoms with E-state index in [-0.39, 0.29) is 16.9 Å². The van der Waals surface area contributed by atoms with E-state index in [1.807, 2.05) is 60.7 Å². The lowest BCUT2D eigenvalue weighted by molar-refractivity contribution is -0.115. The SMILES string of the molecule is O=C(Nc1ccc(F)cc1)[C@@H](Sc1nnc(-c2ccccc2)o1)c1ccccc1. The largest absolute Gasteiger partial charge is 0.411 e. The van der Waals surface area contributed by atoms with Gasteiger partial charge in [0.15, 0.2) is 0 Å². The minimum absolute atomic E-state index is 0.271. The van der Waals surface area contributed by atoms with E-state index in [2.05, 4.69) is 15.5 Å². The lowest BCUT2D eigenvalue weighted by Crippen LogP contribution is -2.19. The molecule has 0 aliphatic carbocycles. The second-order valence-corrected chi connectivity index (χ2v) is 7.20. The van der Waals surface area contributed by atoms with Crippen LogP contribution in [0.2, 0.25) is 0 Å². The highest BCUT2D eigenvalue weighted by molar-refractivity contribution is 8.00. The molecule has 0 unspecified atom stereocenters. The molecule has 0 saturated heterocycles. The zero-order valence-corrected chi connectivity index (χ0v) is 16.0. The number of benzene rings is 3. The van der Waals surface area contributed by atoms with Crippen LogP contribution in [-0.2, 0) is 4.79 Å². The van der Waals surface area contributed by atoms with Gasteiger partial charge in [0.2, 0.25) is 11.8 Å². The van der Waals surface area contributed by atoms with E-state index in [1.165, 1.54) is 24.3 Å². The number of amides is 1. The maximum atomic E-state index is 13.1. The average Bonchev–Trinajstić information content (AvgIpc) is 3.24. The lowest BCUT2D eigenvalue weighted by Gasteiger charge is -2.15. The van der Waals surface area contributed by atoms with E-state index in [4.69, 9.17) is 4.42 Å². The van der Waals surface area contributed by atoms with Crippen molar-refractivity contribution in [1.29, 1.82) is 0 Å². The van der Waals surface area contributed by atoms with Gasteiger partial charge in [-0.2, -0.15) is 0 Å². The van der Waals surface area contributed by atoms with Gasteiger partial charge in [0.05, 0.1) is 0 Å². The molecule has 0 radical (unpaired) electrons. The van der Waals surface area contributed by atoms with Crippen molar-refractivity contribution in [3.8, 4) is 11.5 Å². The molecule has 0 saturated carbocycles. The molecule has 1 amide bonds. The molecule has 1 atom stereocenters. The Bertz CT molecular complexity index is 1090. The third-order valence-electron chi connectivity index (χ3n) is 4.10. The van der Waals surface area contributed by atoms with Gasteiger partial charge in [-0.05, 0) is 53.7 Å². The minimum atomic E-state index is -0.620. The molecule has 29 heavy (non-hydrogen) atoms. The van der Waals surface area contributed by atoms with Crippen LogP contribution in [0.3, 0.4) is 0 Å². The number of hydrogen-bond donors (Lipinski definition) is 1. The molecule has 0 fully saturated rings. The molecule has 0 bridgehead atoms. The minimum Gasteiger partial charge on any atom is -0.411 e. The molecule has 0 aliphatic rings. The predicted molar refractivity (Wildman–Crippen MR) is 110 cm³/mol. The predicted octanol–water partition coefficient (Wildman–Crippen LogP) is 5.35.